The van der Waals surface area contributed by atoms with Gasteiger partial charge in [0.1, 0.15) is 12.4 Å². The minimum Gasteiger partial charge on any atom is -0.492 e. The van der Waals surface area contributed by atoms with Crippen molar-refractivity contribution in [3.63, 3.8) is 0 Å². The Morgan fingerprint density at radius 2 is 2.17 bits per heavy atom. The van der Waals surface area contributed by atoms with Crippen LogP contribution in [0.3, 0.4) is 0 Å². The zero-order valence-electron chi connectivity index (χ0n) is 14.6. The van der Waals surface area contributed by atoms with E-state index in [1.54, 1.807) is 11.3 Å². The molecule has 1 aromatic carbocycles. The third-order valence-electron chi connectivity index (χ3n) is 3.30. The number of nitrogens with zero attached hydrogens (tertiary/aromatic N) is 2. The van der Waals surface area contributed by atoms with Crippen molar-refractivity contribution in [2.24, 2.45) is 4.99 Å². The van der Waals surface area contributed by atoms with Crippen LogP contribution in [0, 0.1) is 13.8 Å². The normalized spacial score (nSPS) is 11.4. The molecule has 130 valence electrons. The summed E-state index contributed by atoms with van der Waals surface area (Å²) in [5.74, 6) is 1.72. The van der Waals surface area contributed by atoms with Crippen LogP contribution in [0.4, 0.5) is 0 Å². The van der Waals surface area contributed by atoms with E-state index in [1.165, 1.54) is 5.56 Å². The average Bonchev–Trinajstić information content (AvgIpc) is 2.97. The van der Waals surface area contributed by atoms with Gasteiger partial charge in [-0.3, -0.25) is 4.99 Å². The van der Waals surface area contributed by atoms with Crippen molar-refractivity contribution < 1.29 is 4.74 Å². The fourth-order valence-electron chi connectivity index (χ4n) is 2.19. The van der Waals surface area contributed by atoms with Gasteiger partial charge in [0.25, 0.3) is 0 Å². The summed E-state index contributed by atoms with van der Waals surface area (Å²) in [6.07, 6.45) is 0.862. The molecule has 0 bridgehead atoms. The molecule has 0 aliphatic carbocycles. The van der Waals surface area contributed by atoms with Gasteiger partial charge in [-0.1, -0.05) is 12.1 Å². The SMILES string of the molecule is CCNC(=NCCc1csc(C)n1)NCCOc1cccc(C)c1. The van der Waals surface area contributed by atoms with Crippen LogP contribution in [0.15, 0.2) is 34.6 Å². The molecule has 0 spiro atoms. The van der Waals surface area contributed by atoms with E-state index in [1.807, 2.05) is 25.1 Å². The number of benzene rings is 1. The monoisotopic (exact) mass is 346 g/mol. The highest BCUT2D eigenvalue weighted by atomic mass is 32.1. The molecular weight excluding hydrogens is 320 g/mol. The number of hydrogen-bond donors (Lipinski definition) is 2. The number of aliphatic imine (C=N–C) groups is 1. The fraction of sp³-hybridized carbons (Fsp3) is 0.444. The Labute approximate surface area is 148 Å². The van der Waals surface area contributed by atoms with Gasteiger partial charge in [0.05, 0.1) is 17.2 Å². The van der Waals surface area contributed by atoms with Crippen molar-refractivity contribution in [2.45, 2.75) is 27.2 Å². The molecule has 0 aliphatic heterocycles. The molecule has 0 radical (unpaired) electrons. The Morgan fingerprint density at radius 3 is 2.88 bits per heavy atom. The van der Waals surface area contributed by atoms with Crippen molar-refractivity contribution in [3.05, 3.63) is 45.9 Å². The quantitative estimate of drug-likeness (QED) is 0.438. The van der Waals surface area contributed by atoms with Gasteiger partial charge in [0, 0.05) is 24.9 Å². The van der Waals surface area contributed by atoms with E-state index < -0.39 is 0 Å². The lowest BCUT2D eigenvalue weighted by atomic mass is 10.2. The molecular formula is C18H26N4OS. The highest BCUT2D eigenvalue weighted by Gasteiger charge is 2.00. The minimum atomic E-state index is 0.596. The second-order valence-corrected chi connectivity index (χ2v) is 6.52. The van der Waals surface area contributed by atoms with Crippen LogP contribution in [0.5, 0.6) is 5.75 Å². The maximum atomic E-state index is 5.74. The maximum absolute atomic E-state index is 5.74. The Bertz CT molecular complexity index is 654. The van der Waals surface area contributed by atoms with E-state index in [0.717, 1.165) is 41.9 Å². The van der Waals surface area contributed by atoms with E-state index in [4.69, 9.17) is 4.74 Å². The Morgan fingerprint density at radius 1 is 1.29 bits per heavy atom. The van der Waals surface area contributed by atoms with E-state index >= 15 is 0 Å². The predicted octanol–water partition coefficient (Wildman–Crippen LogP) is 2.94. The third kappa shape index (κ3) is 6.58. The molecule has 0 saturated heterocycles. The molecule has 0 amide bonds. The van der Waals surface area contributed by atoms with Gasteiger partial charge in [-0.05, 0) is 38.5 Å². The standard InChI is InChI=1S/C18H26N4OS/c1-4-19-18(20-9-8-16-13-24-15(3)22-16)21-10-11-23-17-7-5-6-14(2)12-17/h5-7,12-13H,4,8-11H2,1-3H3,(H2,19,20,21). The van der Waals surface area contributed by atoms with Crippen LogP contribution in [-0.4, -0.2) is 37.2 Å². The van der Waals surface area contributed by atoms with Gasteiger partial charge in [-0.15, -0.1) is 11.3 Å². The molecule has 2 N–H and O–H groups in total. The number of guanidine groups is 1. The molecule has 1 heterocycles. The number of nitrogens with one attached hydrogen (secondary N) is 2. The summed E-state index contributed by atoms with van der Waals surface area (Å²) in [7, 11) is 0. The highest BCUT2D eigenvalue weighted by molar-refractivity contribution is 7.09. The lowest BCUT2D eigenvalue weighted by Crippen LogP contribution is -2.39. The van der Waals surface area contributed by atoms with E-state index in [2.05, 4.69) is 45.9 Å². The average molecular weight is 347 g/mol. The van der Waals surface area contributed by atoms with Gasteiger partial charge in [0.2, 0.25) is 0 Å². The van der Waals surface area contributed by atoms with Crippen molar-refractivity contribution in [1.82, 2.24) is 15.6 Å². The molecule has 5 nitrogen and oxygen atoms in total. The van der Waals surface area contributed by atoms with Gasteiger partial charge >= 0.3 is 0 Å². The van der Waals surface area contributed by atoms with Crippen molar-refractivity contribution >= 4 is 17.3 Å². The van der Waals surface area contributed by atoms with Crippen molar-refractivity contribution in [2.75, 3.05) is 26.2 Å². The largest absolute Gasteiger partial charge is 0.492 e. The van der Waals surface area contributed by atoms with Gasteiger partial charge in [-0.25, -0.2) is 4.98 Å². The lowest BCUT2D eigenvalue weighted by molar-refractivity contribution is 0.321. The minimum absolute atomic E-state index is 0.596. The maximum Gasteiger partial charge on any atom is 0.191 e. The highest BCUT2D eigenvalue weighted by Crippen LogP contribution is 2.11. The topological polar surface area (TPSA) is 58.5 Å². The molecule has 2 aromatic rings. The van der Waals surface area contributed by atoms with Crippen molar-refractivity contribution in [3.8, 4) is 5.75 Å². The summed E-state index contributed by atoms with van der Waals surface area (Å²) < 4.78 is 5.74. The van der Waals surface area contributed by atoms with E-state index in [0.29, 0.717) is 13.2 Å². The second-order valence-electron chi connectivity index (χ2n) is 5.46. The van der Waals surface area contributed by atoms with Crippen LogP contribution in [0.25, 0.3) is 0 Å². The number of thiazole rings is 1. The first-order valence-corrected chi connectivity index (χ1v) is 9.18. The Kier molecular flexibility index (Phi) is 7.55. The first-order chi connectivity index (χ1) is 11.7. The van der Waals surface area contributed by atoms with Crippen LogP contribution in [-0.2, 0) is 6.42 Å². The zero-order valence-corrected chi connectivity index (χ0v) is 15.4. The summed E-state index contributed by atoms with van der Waals surface area (Å²) in [6.45, 7) is 9.00. The Balaban J connectivity index is 1.72. The van der Waals surface area contributed by atoms with E-state index in [9.17, 15) is 0 Å². The number of aryl methyl sites for hydroxylation is 2. The van der Waals surface area contributed by atoms with Crippen LogP contribution in [0.2, 0.25) is 0 Å². The zero-order chi connectivity index (χ0) is 17.2. The summed E-state index contributed by atoms with van der Waals surface area (Å²) >= 11 is 1.68. The number of rotatable bonds is 8. The second kappa shape index (κ2) is 9.93. The summed E-state index contributed by atoms with van der Waals surface area (Å²) in [5, 5.41) is 9.74. The summed E-state index contributed by atoms with van der Waals surface area (Å²) in [6, 6.07) is 8.08. The lowest BCUT2D eigenvalue weighted by Gasteiger charge is -2.12. The Hall–Kier alpha value is -2.08. The molecule has 2 rings (SSSR count). The van der Waals surface area contributed by atoms with Gasteiger partial charge in [0.15, 0.2) is 5.96 Å². The van der Waals surface area contributed by atoms with E-state index in [-0.39, 0.29) is 0 Å². The molecule has 0 atom stereocenters. The number of aromatic nitrogens is 1. The smallest absolute Gasteiger partial charge is 0.191 e. The van der Waals surface area contributed by atoms with Crippen molar-refractivity contribution in [1.29, 1.82) is 0 Å². The molecule has 1 aromatic heterocycles. The summed E-state index contributed by atoms with van der Waals surface area (Å²) in [5.41, 5.74) is 2.31. The number of hydrogen-bond acceptors (Lipinski definition) is 4. The molecule has 0 unspecified atom stereocenters. The van der Waals surface area contributed by atoms with Crippen LogP contribution < -0.4 is 15.4 Å². The molecule has 6 heteroatoms. The number of ether oxygens (including phenoxy) is 1. The van der Waals surface area contributed by atoms with Gasteiger partial charge in [-0.2, -0.15) is 0 Å². The van der Waals surface area contributed by atoms with Gasteiger partial charge < -0.3 is 15.4 Å². The molecule has 0 aliphatic rings. The van der Waals surface area contributed by atoms with Crippen LogP contribution >= 0.6 is 11.3 Å². The first-order valence-electron chi connectivity index (χ1n) is 8.30. The molecule has 0 fully saturated rings. The first kappa shape index (κ1) is 18.3. The third-order valence-corrected chi connectivity index (χ3v) is 4.12. The molecule has 24 heavy (non-hydrogen) atoms. The van der Waals surface area contributed by atoms with Crippen LogP contribution in [0.1, 0.15) is 23.2 Å². The fourth-order valence-corrected chi connectivity index (χ4v) is 2.84. The predicted molar refractivity (Wildman–Crippen MR) is 101 cm³/mol. The summed E-state index contributed by atoms with van der Waals surface area (Å²) in [4.78, 5) is 9.04. The molecule has 0 saturated carbocycles.